The molecule has 0 aliphatic carbocycles. The number of anilines is 1. The molecule has 1 aromatic carbocycles. The fourth-order valence-corrected chi connectivity index (χ4v) is 3.66. The lowest BCUT2D eigenvalue weighted by atomic mass is 10.2. The molecular formula is C19H21Cl2N3O3. The van der Waals surface area contributed by atoms with Crippen molar-refractivity contribution >= 4 is 40.7 Å². The zero-order chi connectivity index (χ0) is 19.4. The molecule has 27 heavy (non-hydrogen) atoms. The molecule has 1 fully saturated rings. The number of nitrogens with zero attached hydrogens (tertiary/aromatic N) is 1. The van der Waals surface area contributed by atoms with Crippen LogP contribution in [0.15, 0.2) is 41.0 Å². The molecule has 2 atom stereocenters. The van der Waals surface area contributed by atoms with E-state index in [4.69, 9.17) is 27.6 Å². The Morgan fingerprint density at radius 2 is 2.15 bits per heavy atom. The highest BCUT2D eigenvalue weighted by molar-refractivity contribution is 6.36. The number of rotatable bonds is 6. The zero-order valence-corrected chi connectivity index (χ0v) is 16.4. The smallest absolute Gasteiger partial charge is 0.241 e. The summed E-state index contributed by atoms with van der Waals surface area (Å²) in [6.07, 6.45) is 3.12. The van der Waals surface area contributed by atoms with E-state index in [9.17, 15) is 9.59 Å². The average molecular weight is 410 g/mol. The lowest BCUT2D eigenvalue weighted by Gasteiger charge is -2.24. The lowest BCUT2D eigenvalue weighted by molar-refractivity contribution is -0.125. The molecule has 1 aromatic heterocycles. The maximum Gasteiger partial charge on any atom is 0.241 e. The Labute approximate surface area is 167 Å². The molecule has 0 saturated carbocycles. The van der Waals surface area contributed by atoms with Gasteiger partial charge in [-0.15, -0.1) is 0 Å². The molecule has 1 aliphatic heterocycles. The second-order valence-corrected chi connectivity index (χ2v) is 7.39. The third-order valence-corrected chi connectivity index (χ3v) is 5.10. The number of hydrogen-bond acceptors (Lipinski definition) is 4. The van der Waals surface area contributed by atoms with E-state index in [1.54, 1.807) is 30.5 Å². The van der Waals surface area contributed by atoms with E-state index in [-0.39, 0.29) is 30.4 Å². The molecule has 144 valence electrons. The van der Waals surface area contributed by atoms with Crippen molar-refractivity contribution < 1.29 is 14.0 Å². The van der Waals surface area contributed by atoms with Gasteiger partial charge in [-0.2, -0.15) is 0 Å². The first-order valence-electron chi connectivity index (χ1n) is 8.77. The van der Waals surface area contributed by atoms with Crippen LogP contribution >= 0.6 is 23.2 Å². The van der Waals surface area contributed by atoms with Crippen molar-refractivity contribution in [3.8, 4) is 0 Å². The Balaban J connectivity index is 1.57. The molecule has 0 radical (unpaired) electrons. The number of hydrogen-bond donors (Lipinski definition) is 2. The third-order valence-electron chi connectivity index (χ3n) is 4.55. The van der Waals surface area contributed by atoms with Crippen LogP contribution in [0.4, 0.5) is 5.69 Å². The first kappa shape index (κ1) is 19.7. The number of halogens is 2. The molecule has 1 aliphatic rings. The third kappa shape index (κ3) is 5.03. The largest absolute Gasteiger partial charge is 0.467 e. The molecule has 1 saturated heterocycles. The predicted octanol–water partition coefficient (Wildman–Crippen LogP) is 3.87. The molecular weight excluding hydrogens is 389 g/mol. The number of likely N-dealkylation sites (tertiary alicyclic amines) is 1. The van der Waals surface area contributed by atoms with E-state index in [1.165, 1.54) is 0 Å². The van der Waals surface area contributed by atoms with Crippen LogP contribution in [-0.4, -0.2) is 35.8 Å². The number of carbonyl (C=O) groups excluding carboxylic acids is 2. The van der Waals surface area contributed by atoms with Gasteiger partial charge in [0, 0.05) is 5.02 Å². The Kier molecular flexibility index (Phi) is 6.42. The van der Waals surface area contributed by atoms with Crippen LogP contribution < -0.4 is 10.6 Å². The summed E-state index contributed by atoms with van der Waals surface area (Å²) < 4.78 is 5.30. The highest BCUT2D eigenvalue weighted by Crippen LogP contribution is 2.27. The number of benzene rings is 1. The van der Waals surface area contributed by atoms with Gasteiger partial charge >= 0.3 is 0 Å². The predicted molar refractivity (Wildman–Crippen MR) is 105 cm³/mol. The average Bonchev–Trinajstić information content (AvgIpc) is 3.28. The molecule has 0 spiro atoms. The first-order valence-corrected chi connectivity index (χ1v) is 9.52. The maximum absolute atomic E-state index is 12.7. The molecule has 2 aromatic rings. The second kappa shape index (κ2) is 8.78. The Morgan fingerprint density at radius 3 is 2.85 bits per heavy atom. The molecule has 0 unspecified atom stereocenters. The van der Waals surface area contributed by atoms with Gasteiger partial charge in [-0.1, -0.05) is 23.2 Å². The van der Waals surface area contributed by atoms with Crippen LogP contribution in [0.2, 0.25) is 10.0 Å². The fraction of sp³-hybridized carbons (Fsp3) is 0.368. The minimum Gasteiger partial charge on any atom is -0.467 e. The Morgan fingerprint density at radius 1 is 1.33 bits per heavy atom. The molecule has 2 heterocycles. The quantitative estimate of drug-likeness (QED) is 0.759. The summed E-state index contributed by atoms with van der Waals surface area (Å²) >= 11 is 12.0. The molecule has 6 nitrogen and oxygen atoms in total. The van der Waals surface area contributed by atoms with Gasteiger partial charge in [0.15, 0.2) is 0 Å². The summed E-state index contributed by atoms with van der Waals surface area (Å²) in [6, 6.07) is 7.90. The van der Waals surface area contributed by atoms with Crippen molar-refractivity contribution in [1.82, 2.24) is 10.2 Å². The van der Waals surface area contributed by atoms with Gasteiger partial charge in [-0.25, -0.2) is 0 Å². The van der Waals surface area contributed by atoms with Crippen molar-refractivity contribution in [1.29, 1.82) is 0 Å². The Bertz CT molecular complexity index is 811. The second-order valence-electron chi connectivity index (χ2n) is 6.55. The fourth-order valence-electron chi connectivity index (χ4n) is 3.20. The van der Waals surface area contributed by atoms with E-state index in [1.807, 2.05) is 17.9 Å². The standard InChI is InChI=1S/C19H21Cl2N3O3/c1-12(17-5-3-9-27-17)22-18(25)11-24-8-2-4-16(24)19(26)23-15-7-6-13(20)10-14(15)21/h3,5-7,9-10,12,16H,2,4,8,11H2,1H3,(H,22,25)(H,23,26)/t12-,16-/m1/s1. The van der Waals surface area contributed by atoms with Gasteiger partial charge in [0.1, 0.15) is 5.76 Å². The van der Waals surface area contributed by atoms with Gasteiger partial charge in [0.2, 0.25) is 11.8 Å². The van der Waals surface area contributed by atoms with Crippen LogP contribution in [0.5, 0.6) is 0 Å². The molecule has 8 heteroatoms. The maximum atomic E-state index is 12.7. The topological polar surface area (TPSA) is 74.6 Å². The monoisotopic (exact) mass is 409 g/mol. The molecule has 0 bridgehead atoms. The lowest BCUT2D eigenvalue weighted by Crippen LogP contribution is -2.45. The minimum atomic E-state index is -0.374. The van der Waals surface area contributed by atoms with Crippen molar-refractivity contribution in [2.45, 2.75) is 31.8 Å². The molecule has 2 amide bonds. The van der Waals surface area contributed by atoms with Crippen LogP contribution in [0, 0.1) is 0 Å². The van der Waals surface area contributed by atoms with Gasteiger partial charge in [-0.3, -0.25) is 14.5 Å². The van der Waals surface area contributed by atoms with E-state index in [2.05, 4.69) is 10.6 Å². The molecule has 2 N–H and O–H groups in total. The highest BCUT2D eigenvalue weighted by Gasteiger charge is 2.32. The van der Waals surface area contributed by atoms with E-state index < -0.39 is 0 Å². The minimum absolute atomic E-state index is 0.150. The van der Waals surface area contributed by atoms with Crippen molar-refractivity contribution in [2.24, 2.45) is 0 Å². The first-order chi connectivity index (χ1) is 12.9. The number of furan rings is 1. The van der Waals surface area contributed by atoms with Gasteiger partial charge in [0.25, 0.3) is 0 Å². The number of carbonyl (C=O) groups is 2. The van der Waals surface area contributed by atoms with E-state index >= 15 is 0 Å². The summed E-state index contributed by atoms with van der Waals surface area (Å²) in [6.45, 7) is 2.69. The van der Waals surface area contributed by atoms with Gasteiger partial charge in [0.05, 0.1) is 35.6 Å². The van der Waals surface area contributed by atoms with Gasteiger partial charge in [-0.05, 0) is 56.6 Å². The summed E-state index contributed by atoms with van der Waals surface area (Å²) in [4.78, 5) is 26.9. The highest BCUT2D eigenvalue weighted by atomic mass is 35.5. The van der Waals surface area contributed by atoms with E-state index in [0.29, 0.717) is 34.5 Å². The zero-order valence-electron chi connectivity index (χ0n) is 14.9. The summed E-state index contributed by atoms with van der Waals surface area (Å²) in [5.74, 6) is 0.364. The molecule has 3 rings (SSSR count). The number of amides is 2. The summed E-state index contributed by atoms with van der Waals surface area (Å²) in [7, 11) is 0. The van der Waals surface area contributed by atoms with Crippen LogP contribution in [-0.2, 0) is 9.59 Å². The van der Waals surface area contributed by atoms with Crippen LogP contribution in [0.3, 0.4) is 0 Å². The van der Waals surface area contributed by atoms with Crippen LogP contribution in [0.25, 0.3) is 0 Å². The number of nitrogens with one attached hydrogen (secondary N) is 2. The summed E-state index contributed by atoms with van der Waals surface area (Å²) in [5, 5.41) is 6.60. The van der Waals surface area contributed by atoms with Crippen molar-refractivity contribution in [3.05, 3.63) is 52.4 Å². The van der Waals surface area contributed by atoms with Crippen molar-refractivity contribution in [2.75, 3.05) is 18.4 Å². The van der Waals surface area contributed by atoms with Gasteiger partial charge < -0.3 is 15.1 Å². The normalized spacial score (nSPS) is 18.3. The SMILES string of the molecule is C[C@@H](NC(=O)CN1CCC[C@@H]1C(=O)Nc1ccc(Cl)cc1Cl)c1ccco1. The Hall–Kier alpha value is -2.02. The summed E-state index contributed by atoms with van der Waals surface area (Å²) in [5.41, 5.74) is 0.508. The van der Waals surface area contributed by atoms with Crippen molar-refractivity contribution in [3.63, 3.8) is 0 Å². The van der Waals surface area contributed by atoms with E-state index in [0.717, 1.165) is 6.42 Å². The van der Waals surface area contributed by atoms with Crippen LogP contribution in [0.1, 0.15) is 31.6 Å².